The minimum Gasteiger partial charge on any atom is -0.478 e. The zero-order valence-electron chi connectivity index (χ0n) is 12.1. The maximum absolute atomic E-state index is 12.1. The van der Waals surface area contributed by atoms with Crippen molar-refractivity contribution in [2.24, 2.45) is 22.7 Å². The van der Waals surface area contributed by atoms with Crippen LogP contribution in [0.3, 0.4) is 0 Å². The molecule has 0 radical (unpaired) electrons. The topological polar surface area (TPSA) is 104 Å². The number of rotatable bonds is 2. The zero-order valence-corrected chi connectivity index (χ0v) is 12.1. The standard InChI is InChI=1S/C15H20O6/c1-13(2)4-8-3-9(11(17)18)10-5-21-12(19)15(20,7-16)14(8,10)6-13/h3,8,10,16,20H,4-7H2,1-2H3,(H,17,18)/t8-,10-,14-,15+/m0/s1. The van der Waals surface area contributed by atoms with Gasteiger partial charge in [0, 0.05) is 16.9 Å². The van der Waals surface area contributed by atoms with Crippen molar-refractivity contribution in [3.63, 3.8) is 0 Å². The Balaban J connectivity index is 2.18. The number of cyclic esters (lactones) is 1. The Morgan fingerprint density at radius 2 is 2.14 bits per heavy atom. The van der Waals surface area contributed by atoms with E-state index in [2.05, 4.69) is 0 Å². The van der Waals surface area contributed by atoms with Crippen molar-refractivity contribution in [1.82, 2.24) is 0 Å². The Bertz CT molecular complexity index is 550. The van der Waals surface area contributed by atoms with Gasteiger partial charge in [-0.2, -0.15) is 0 Å². The molecule has 1 spiro atoms. The van der Waals surface area contributed by atoms with Crippen LogP contribution < -0.4 is 0 Å². The minimum atomic E-state index is -2.04. The normalized spacial score (nSPS) is 43.8. The van der Waals surface area contributed by atoms with Gasteiger partial charge in [-0.15, -0.1) is 0 Å². The molecule has 0 bridgehead atoms. The first-order chi connectivity index (χ1) is 9.68. The second-order valence-corrected chi connectivity index (χ2v) is 7.29. The molecule has 6 nitrogen and oxygen atoms in total. The highest BCUT2D eigenvalue weighted by Gasteiger charge is 2.73. The largest absolute Gasteiger partial charge is 0.478 e. The Morgan fingerprint density at radius 1 is 1.48 bits per heavy atom. The first-order valence-corrected chi connectivity index (χ1v) is 7.13. The number of carbonyl (C=O) groups excluding carboxylic acids is 1. The van der Waals surface area contributed by atoms with Gasteiger partial charge in [-0.3, -0.25) is 0 Å². The molecule has 0 aromatic rings. The summed E-state index contributed by atoms with van der Waals surface area (Å²) < 4.78 is 5.00. The average molecular weight is 296 g/mol. The summed E-state index contributed by atoms with van der Waals surface area (Å²) >= 11 is 0. The second-order valence-electron chi connectivity index (χ2n) is 7.29. The molecule has 2 aliphatic carbocycles. The molecular formula is C15H20O6. The number of carboxylic acids is 1. The number of aliphatic hydroxyl groups is 2. The summed E-state index contributed by atoms with van der Waals surface area (Å²) in [4.78, 5) is 23.6. The van der Waals surface area contributed by atoms with Crippen LogP contribution in [0.25, 0.3) is 0 Å². The van der Waals surface area contributed by atoms with Crippen LogP contribution in [0.5, 0.6) is 0 Å². The molecule has 1 saturated heterocycles. The number of allylic oxidation sites excluding steroid dienone is 1. The summed E-state index contributed by atoms with van der Waals surface area (Å²) in [6, 6.07) is 0. The number of ether oxygens (including phenoxy) is 1. The number of esters is 1. The highest BCUT2D eigenvalue weighted by Crippen LogP contribution is 2.68. The molecule has 1 aliphatic heterocycles. The Morgan fingerprint density at radius 3 is 2.71 bits per heavy atom. The molecule has 116 valence electrons. The zero-order chi connectivity index (χ0) is 15.6. The SMILES string of the molecule is CC1(C)C[C@@H]2C=C(C(=O)O)[C@@H]3COC(=O)[C@](O)(CO)[C@@]23C1. The van der Waals surface area contributed by atoms with E-state index in [1.807, 2.05) is 13.8 Å². The van der Waals surface area contributed by atoms with Crippen molar-refractivity contribution >= 4 is 11.9 Å². The Kier molecular flexibility index (Phi) is 2.82. The van der Waals surface area contributed by atoms with Crippen LogP contribution in [-0.4, -0.2) is 46.1 Å². The van der Waals surface area contributed by atoms with E-state index in [-0.39, 0.29) is 23.5 Å². The molecule has 1 heterocycles. The predicted octanol–water partition coefficient (Wildman–Crippen LogP) is 0.330. The van der Waals surface area contributed by atoms with Crippen LogP contribution in [0.1, 0.15) is 26.7 Å². The van der Waals surface area contributed by atoms with Gasteiger partial charge in [0.05, 0.1) is 13.2 Å². The smallest absolute Gasteiger partial charge is 0.341 e. The van der Waals surface area contributed by atoms with Crippen LogP contribution in [0, 0.1) is 22.7 Å². The highest BCUT2D eigenvalue weighted by atomic mass is 16.6. The van der Waals surface area contributed by atoms with Crippen molar-refractivity contribution in [2.45, 2.75) is 32.3 Å². The molecule has 4 atom stereocenters. The summed E-state index contributed by atoms with van der Waals surface area (Å²) in [5.41, 5.74) is -2.96. The summed E-state index contributed by atoms with van der Waals surface area (Å²) in [7, 11) is 0. The summed E-state index contributed by atoms with van der Waals surface area (Å²) in [6.45, 7) is 3.26. The van der Waals surface area contributed by atoms with Gasteiger partial charge < -0.3 is 20.1 Å². The van der Waals surface area contributed by atoms with E-state index in [9.17, 15) is 24.9 Å². The van der Waals surface area contributed by atoms with E-state index in [4.69, 9.17) is 4.74 Å². The highest BCUT2D eigenvalue weighted by molar-refractivity contribution is 5.91. The number of hydrogen-bond acceptors (Lipinski definition) is 5. The molecule has 0 unspecified atom stereocenters. The van der Waals surface area contributed by atoms with Gasteiger partial charge in [0.25, 0.3) is 0 Å². The number of carbonyl (C=O) groups is 2. The van der Waals surface area contributed by atoms with E-state index >= 15 is 0 Å². The second kappa shape index (κ2) is 4.08. The lowest BCUT2D eigenvalue weighted by Gasteiger charge is -2.50. The molecule has 21 heavy (non-hydrogen) atoms. The summed E-state index contributed by atoms with van der Waals surface area (Å²) in [5, 5.41) is 29.9. The fourth-order valence-corrected chi connectivity index (χ4v) is 4.85. The quantitative estimate of drug-likeness (QED) is 0.634. The molecule has 2 fully saturated rings. The van der Waals surface area contributed by atoms with Gasteiger partial charge in [-0.25, -0.2) is 9.59 Å². The predicted molar refractivity (Wildman–Crippen MR) is 71.1 cm³/mol. The van der Waals surface area contributed by atoms with Gasteiger partial charge in [0.1, 0.15) is 0 Å². The van der Waals surface area contributed by atoms with Gasteiger partial charge in [0.15, 0.2) is 5.60 Å². The number of carboxylic acid groups (broad SMARTS) is 1. The van der Waals surface area contributed by atoms with Gasteiger partial charge in [-0.1, -0.05) is 19.9 Å². The van der Waals surface area contributed by atoms with Crippen LogP contribution in [0.4, 0.5) is 0 Å². The molecule has 0 aromatic heterocycles. The molecule has 3 aliphatic rings. The van der Waals surface area contributed by atoms with E-state index < -0.39 is 35.5 Å². The number of aliphatic carboxylic acids is 1. The molecule has 3 rings (SSSR count). The number of hydrogen-bond donors (Lipinski definition) is 3. The third-order valence-electron chi connectivity index (χ3n) is 5.55. The number of aliphatic hydroxyl groups excluding tert-OH is 1. The molecule has 3 N–H and O–H groups in total. The Labute approximate surface area is 122 Å². The summed E-state index contributed by atoms with van der Waals surface area (Å²) in [5.74, 6) is -2.71. The molecule has 0 aromatic carbocycles. The van der Waals surface area contributed by atoms with Gasteiger partial charge in [-0.05, 0) is 24.2 Å². The van der Waals surface area contributed by atoms with Crippen molar-refractivity contribution in [3.8, 4) is 0 Å². The van der Waals surface area contributed by atoms with Crippen LogP contribution in [0.15, 0.2) is 11.6 Å². The van der Waals surface area contributed by atoms with E-state index in [0.29, 0.717) is 12.8 Å². The fourth-order valence-electron chi connectivity index (χ4n) is 4.85. The van der Waals surface area contributed by atoms with Crippen molar-refractivity contribution in [2.75, 3.05) is 13.2 Å². The van der Waals surface area contributed by atoms with Gasteiger partial charge in [0.2, 0.25) is 0 Å². The van der Waals surface area contributed by atoms with Gasteiger partial charge >= 0.3 is 11.9 Å². The first-order valence-electron chi connectivity index (χ1n) is 7.13. The van der Waals surface area contributed by atoms with Crippen molar-refractivity contribution in [3.05, 3.63) is 11.6 Å². The lowest BCUT2D eigenvalue weighted by Crippen LogP contribution is -2.65. The third kappa shape index (κ3) is 1.60. The molecular weight excluding hydrogens is 276 g/mol. The van der Waals surface area contributed by atoms with E-state index in [1.54, 1.807) is 6.08 Å². The van der Waals surface area contributed by atoms with Crippen LogP contribution >= 0.6 is 0 Å². The molecule has 1 saturated carbocycles. The van der Waals surface area contributed by atoms with E-state index in [1.165, 1.54) is 0 Å². The van der Waals surface area contributed by atoms with Crippen molar-refractivity contribution in [1.29, 1.82) is 0 Å². The Hall–Kier alpha value is -1.40. The van der Waals surface area contributed by atoms with E-state index in [0.717, 1.165) is 0 Å². The lowest BCUT2D eigenvalue weighted by atomic mass is 9.58. The van der Waals surface area contributed by atoms with Crippen LogP contribution in [0.2, 0.25) is 0 Å². The maximum atomic E-state index is 12.1. The monoisotopic (exact) mass is 296 g/mol. The third-order valence-corrected chi connectivity index (χ3v) is 5.55. The maximum Gasteiger partial charge on any atom is 0.341 e. The summed E-state index contributed by atoms with van der Waals surface area (Å²) in [6.07, 6.45) is 2.81. The van der Waals surface area contributed by atoms with Crippen LogP contribution in [-0.2, 0) is 14.3 Å². The molecule has 0 amide bonds. The minimum absolute atomic E-state index is 0.0497. The van der Waals surface area contributed by atoms with Crippen molar-refractivity contribution < 1.29 is 29.6 Å². The molecule has 6 heteroatoms. The average Bonchev–Trinajstić information content (AvgIpc) is 2.82. The fraction of sp³-hybridized carbons (Fsp3) is 0.733. The first kappa shape index (κ1) is 14.5. The lowest BCUT2D eigenvalue weighted by molar-refractivity contribution is -0.221.